The number of rotatable bonds is 5. The number of hydrogen-bond donors (Lipinski definition) is 2. The number of anilines is 1. The molecule has 2 unspecified atom stereocenters. The van der Waals surface area contributed by atoms with Gasteiger partial charge in [0.15, 0.2) is 0 Å². The molecule has 1 aromatic rings. The fourth-order valence-electron chi connectivity index (χ4n) is 2.58. The highest BCUT2D eigenvalue weighted by atomic mass is 16.3. The molecule has 1 aliphatic rings. The van der Waals surface area contributed by atoms with Crippen LogP contribution in [-0.4, -0.2) is 40.8 Å². The van der Waals surface area contributed by atoms with Gasteiger partial charge in [-0.1, -0.05) is 19.8 Å². The fraction of sp³-hybridized carbons (Fsp3) is 0.714. The number of likely N-dealkylation sites (N-methyl/N-ethyl adjacent to an activating group) is 1. The molecule has 0 aromatic carbocycles. The summed E-state index contributed by atoms with van der Waals surface area (Å²) in [6.07, 6.45) is 7.64. The van der Waals surface area contributed by atoms with Gasteiger partial charge in [-0.05, 0) is 19.4 Å². The van der Waals surface area contributed by atoms with Crippen molar-refractivity contribution in [1.82, 2.24) is 15.3 Å². The van der Waals surface area contributed by atoms with E-state index in [1.54, 1.807) is 0 Å². The van der Waals surface area contributed by atoms with Gasteiger partial charge in [0.05, 0.1) is 12.1 Å². The molecule has 1 aromatic heterocycles. The van der Waals surface area contributed by atoms with Gasteiger partial charge in [0.25, 0.3) is 0 Å². The largest absolute Gasteiger partial charge is 0.391 e. The second-order valence-electron chi connectivity index (χ2n) is 5.20. The minimum absolute atomic E-state index is 0.147. The lowest BCUT2D eigenvalue weighted by Gasteiger charge is -2.35. The van der Waals surface area contributed by atoms with Crippen molar-refractivity contribution >= 4 is 5.95 Å². The molecule has 0 bridgehead atoms. The van der Waals surface area contributed by atoms with Crippen molar-refractivity contribution in [2.75, 3.05) is 18.5 Å². The summed E-state index contributed by atoms with van der Waals surface area (Å²) in [4.78, 5) is 10.8. The Morgan fingerprint density at radius 1 is 1.32 bits per heavy atom. The normalized spacial score (nSPS) is 23.3. The zero-order chi connectivity index (χ0) is 13.7. The van der Waals surface area contributed by atoms with E-state index < -0.39 is 0 Å². The minimum atomic E-state index is -0.260. The standard InChI is InChI=1S/C14H24N4O/c1-3-15-8-11-9-16-14(17-10-11)18(2)12-6-4-5-7-13(12)19/h9-10,12-13,15,19H,3-8H2,1-2H3. The first-order valence-electron chi connectivity index (χ1n) is 7.15. The minimum Gasteiger partial charge on any atom is -0.391 e. The smallest absolute Gasteiger partial charge is 0.225 e. The van der Waals surface area contributed by atoms with Crippen molar-refractivity contribution in [2.45, 2.75) is 51.3 Å². The SMILES string of the molecule is CCNCc1cnc(N(C)C2CCCCC2O)nc1. The molecule has 5 heteroatoms. The summed E-state index contributed by atoms with van der Waals surface area (Å²) >= 11 is 0. The molecule has 0 spiro atoms. The van der Waals surface area contributed by atoms with Crippen LogP contribution in [-0.2, 0) is 6.54 Å². The van der Waals surface area contributed by atoms with Crippen LogP contribution in [0.3, 0.4) is 0 Å². The monoisotopic (exact) mass is 264 g/mol. The van der Waals surface area contributed by atoms with E-state index in [2.05, 4.69) is 22.2 Å². The predicted octanol–water partition coefficient (Wildman–Crippen LogP) is 1.33. The van der Waals surface area contributed by atoms with E-state index in [0.717, 1.165) is 37.9 Å². The number of nitrogens with one attached hydrogen (secondary N) is 1. The molecule has 19 heavy (non-hydrogen) atoms. The zero-order valence-electron chi connectivity index (χ0n) is 11.8. The van der Waals surface area contributed by atoms with Gasteiger partial charge in [-0.15, -0.1) is 0 Å². The summed E-state index contributed by atoms with van der Waals surface area (Å²) < 4.78 is 0. The first-order chi connectivity index (χ1) is 9.22. The molecule has 1 heterocycles. The van der Waals surface area contributed by atoms with Crippen molar-refractivity contribution in [3.63, 3.8) is 0 Å². The summed E-state index contributed by atoms with van der Waals surface area (Å²) in [5.41, 5.74) is 1.09. The summed E-state index contributed by atoms with van der Waals surface area (Å²) in [5, 5.41) is 13.3. The van der Waals surface area contributed by atoms with E-state index in [9.17, 15) is 5.11 Å². The van der Waals surface area contributed by atoms with Crippen LogP contribution in [0.5, 0.6) is 0 Å². The number of aliphatic hydroxyl groups is 1. The summed E-state index contributed by atoms with van der Waals surface area (Å²) in [7, 11) is 1.97. The van der Waals surface area contributed by atoms with Crippen molar-refractivity contribution in [1.29, 1.82) is 0 Å². The maximum Gasteiger partial charge on any atom is 0.225 e. The Labute approximate surface area is 115 Å². The Bertz CT molecular complexity index is 382. The first-order valence-corrected chi connectivity index (χ1v) is 7.15. The quantitative estimate of drug-likeness (QED) is 0.840. The zero-order valence-corrected chi connectivity index (χ0v) is 11.8. The Hall–Kier alpha value is -1.20. The van der Waals surface area contributed by atoms with Gasteiger partial charge in [-0.25, -0.2) is 9.97 Å². The molecule has 2 N–H and O–H groups in total. The molecule has 1 fully saturated rings. The second kappa shape index (κ2) is 6.82. The number of hydrogen-bond acceptors (Lipinski definition) is 5. The van der Waals surface area contributed by atoms with Gasteiger partial charge in [0, 0.05) is 31.5 Å². The Balaban J connectivity index is 2.00. The van der Waals surface area contributed by atoms with Crippen LogP contribution < -0.4 is 10.2 Å². The van der Waals surface area contributed by atoms with Gasteiger partial charge in [0.1, 0.15) is 0 Å². The van der Waals surface area contributed by atoms with Crippen LogP contribution in [0.15, 0.2) is 12.4 Å². The molecule has 0 radical (unpaired) electrons. The van der Waals surface area contributed by atoms with Crippen LogP contribution in [0.25, 0.3) is 0 Å². The van der Waals surface area contributed by atoms with Crippen LogP contribution in [0.1, 0.15) is 38.2 Å². The highest BCUT2D eigenvalue weighted by molar-refractivity contribution is 5.31. The molecule has 106 valence electrons. The van der Waals surface area contributed by atoms with E-state index in [0.29, 0.717) is 5.95 Å². The number of aliphatic hydroxyl groups excluding tert-OH is 1. The molecule has 0 aliphatic heterocycles. The summed E-state index contributed by atoms with van der Waals surface area (Å²) in [6.45, 7) is 3.82. The third-order valence-corrected chi connectivity index (χ3v) is 3.78. The Morgan fingerprint density at radius 2 is 2.00 bits per heavy atom. The fourth-order valence-corrected chi connectivity index (χ4v) is 2.58. The maximum atomic E-state index is 10.1. The average Bonchev–Trinajstić information content (AvgIpc) is 2.45. The maximum absolute atomic E-state index is 10.1. The lowest BCUT2D eigenvalue weighted by molar-refractivity contribution is 0.105. The van der Waals surface area contributed by atoms with Crippen LogP contribution >= 0.6 is 0 Å². The van der Waals surface area contributed by atoms with Crippen molar-refractivity contribution in [3.8, 4) is 0 Å². The van der Waals surface area contributed by atoms with E-state index >= 15 is 0 Å². The molecular formula is C14H24N4O. The van der Waals surface area contributed by atoms with Gasteiger partial charge < -0.3 is 15.3 Å². The van der Waals surface area contributed by atoms with Crippen LogP contribution in [0.4, 0.5) is 5.95 Å². The lowest BCUT2D eigenvalue weighted by Crippen LogP contribution is -2.44. The Kier molecular flexibility index (Phi) is 5.10. The van der Waals surface area contributed by atoms with E-state index in [1.165, 1.54) is 6.42 Å². The molecule has 2 atom stereocenters. The van der Waals surface area contributed by atoms with Crippen molar-refractivity contribution in [3.05, 3.63) is 18.0 Å². The van der Waals surface area contributed by atoms with Gasteiger partial charge >= 0.3 is 0 Å². The lowest BCUT2D eigenvalue weighted by atomic mass is 9.92. The summed E-state index contributed by atoms with van der Waals surface area (Å²) in [6, 6.07) is 0.147. The van der Waals surface area contributed by atoms with Gasteiger partial charge in [0.2, 0.25) is 5.95 Å². The van der Waals surface area contributed by atoms with Gasteiger partial charge in [-0.2, -0.15) is 0 Å². The summed E-state index contributed by atoms with van der Waals surface area (Å²) in [5.74, 6) is 0.700. The third-order valence-electron chi connectivity index (χ3n) is 3.78. The molecular weight excluding hydrogens is 240 g/mol. The van der Waals surface area contributed by atoms with E-state index in [-0.39, 0.29) is 12.1 Å². The Morgan fingerprint density at radius 3 is 2.63 bits per heavy atom. The predicted molar refractivity (Wildman–Crippen MR) is 76.1 cm³/mol. The number of nitrogens with zero attached hydrogens (tertiary/aromatic N) is 3. The topological polar surface area (TPSA) is 61.3 Å². The molecule has 5 nitrogen and oxygen atoms in total. The molecule has 1 saturated carbocycles. The highest BCUT2D eigenvalue weighted by Crippen LogP contribution is 2.24. The second-order valence-corrected chi connectivity index (χ2v) is 5.20. The molecule has 0 saturated heterocycles. The third kappa shape index (κ3) is 3.64. The van der Waals surface area contributed by atoms with E-state index in [1.807, 2.05) is 24.3 Å². The van der Waals surface area contributed by atoms with Crippen LogP contribution in [0.2, 0.25) is 0 Å². The average molecular weight is 264 g/mol. The van der Waals surface area contributed by atoms with E-state index in [4.69, 9.17) is 0 Å². The number of aromatic nitrogens is 2. The highest BCUT2D eigenvalue weighted by Gasteiger charge is 2.27. The first kappa shape index (κ1) is 14.2. The van der Waals surface area contributed by atoms with Crippen molar-refractivity contribution in [2.24, 2.45) is 0 Å². The molecule has 2 rings (SSSR count). The molecule has 1 aliphatic carbocycles. The van der Waals surface area contributed by atoms with Crippen molar-refractivity contribution < 1.29 is 5.11 Å². The van der Waals surface area contributed by atoms with Crippen LogP contribution in [0, 0.1) is 0 Å². The van der Waals surface area contributed by atoms with Gasteiger partial charge in [-0.3, -0.25) is 0 Å². The molecule has 0 amide bonds.